The van der Waals surface area contributed by atoms with Crippen molar-refractivity contribution in [2.45, 2.75) is 44.3 Å². The lowest BCUT2D eigenvalue weighted by atomic mass is 10.1. The quantitative estimate of drug-likeness (QED) is 0.890. The fourth-order valence-corrected chi connectivity index (χ4v) is 4.23. The van der Waals surface area contributed by atoms with Crippen molar-refractivity contribution in [3.63, 3.8) is 0 Å². The Bertz CT molecular complexity index is 744. The maximum Gasteiger partial charge on any atom is 0.163 e. The summed E-state index contributed by atoms with van der Waals surface area (Å²) in [5.41, 5.74) is 0.941. The van der Waals surface area contributed by atoms with Gasteiger partial charge in [0.1, 0.15) is 23.9 Å². The molecular weight excluding hydrogens is 306 g/mol. The molecule has 4 atom stereocenters. The van der Waals surface area contributed by atoms with Crippen molar-refractivity contribution >= 4 is 16.9 Å². The number of fused-ring (bicyclic) bond motifs is 2. The summed E-state index contributed by atoms with van der Waals surface area (Å²) < 4.78 is 14.7. The van der Waals surface area contributed by atoms with Crippen LogP contribution < -0.4 is 10.6 Å². The predicted molar refractivity (Wildman–Crippen MR) is 92.0 cm³/mol. The molecule has 1 aliphatic heterocycles. The molecule has 0 amide bonds. The number of nitrogens with one attached hydrogen (secondary N) is 2. The molecule has 0 unspecified atom stereocenters. The van der Waals surface area contributed by atoms with Crippen LogP contribution in [0.15, 0.2) is 18.6 Å². The Hall–Kier alpha value is -1.70. The number of anilines is 1. The zero-order chi connectivity index (χ0) is 16.9. The largest absolute Gasteiger partial charge is 0.372 e. The summed E-state index contributed by atoms with van der Waals surface area (Å²) in [5.74, 6) is 0.743. The van der Waals surface area contributed by atoms with Crippen LogP contribution >= 0.6 is 0 Å². The van der Waals surface area contributed by atoms with E-state index < -0.39 is 5.79 Å². The van der Waals surface area contributed by atoms with Crippen molar-refractivity contribution in [2.24, 2.45) is 5.92 Å². The van der Waals surface area contributed by atoms with E-state index in [-0.39, 0.29) is 18.2 Å². The first-order valence-electron chi connectivity index (χ1n) is 8.53. The molecule has 24 heavy (non-hydrogen) atoms. The second kappa shape index (κ2) is 5.68. The Morgan fingerprint density at radius 3 is 2.79 bits per heavy atom. The molecule has 7 nitrogen and oxygen atoms in total. The zero-order valence-electron chi connectivity index (χ0n) is 14.6. The summed E-state index contributed by atoms with van der Waals surface area (Å²) in [6.07, 6.45) is 4.87. The maximum atomic E-state index is 6.26. The van der Waals surface area contributed by atoms with E-state index in [1.165, 1.54) is 0 Å². The van der Waals surface area contributed by atoms with E-state index in [0.29, 0.717) is 5.92 Å². The van der Waals surface area contributed by atoms with Gasteiger partial charge >= 0.3 is 0 Å². The summed E-state index contributed by atoms with van der Waals surface area (Å²) in [5, 5.41) is 7.46. The molecule has 2 N–H and O–H groups in total. The van der Waals surface area contributed by atoms with Gasteiger partial charge in [0.2, 0.25) is 0 Å². The summed E-state index contributed by atoms with van der Waals surface area (Å²) in [6.45, 7) is 4.91. The topological polar surface area (TPSA) is 73.2 Å². The Balaban J connectivity index is 1.73. The molecule has 0 spiro atoms. The number of rotatable bonds is 4. The van der Waals surface area contributed by atoms with Crippen LogP contribution in [-0.4, -0.2) is 53.2 Å². The molecule has 0 aromatic carbocycles. The zero-order valence-corrected chi connectivity index (χ0v) is 14.6. The second-order valence-electron chi connectivity index (χ2n) is 7.12. The van der Waals surface area contributed by atoms with Gasteiger partial charge in [-0.2, -0.15) is 0 Å². The van der Waals surface area contributed by atoms with E-state index in [1.807, 2.05) is 27.9 Å². The molecule has 1 saturated heterocycles. The average Bonchev–Trinajstić information content (AvgIpc) is 3.19. The molecule has 2 aromatic rings. The van der Waals surface area contributed by atoms with Crippen LogP contribution in [0.3, 0.4) is 0 Å². The fourth-order valence-electron chi connectivity index (χ4n) is 4.23. The van der Waals surface area contributed by atoms with Crippen molar-refractivity contribution in [1.29, 1.82) is 0 Å². The Morgan fingerprint density at radius 2 is 2.04 bits per heavy atom. The van der Waals surface area contributed by atoms with E-state index in [0.717, 1.165) is 29.8 Å². The van der Waals surface area contributed by atoms with E-state index in [4.69, 9.17) is 9.47 Å². The van der Waals surface area contributed by atoms with Crippen LogP contribution in [-0.2, 0) is 9.47 Å². The van der Waals surface area contributed by atoms with E-state index >= 15 is 0 Å². The minimum atomic E-state index is -0.534. The molecule has 7 heteroatoms. The Kier molecular flexibility index (Phi) is 3.74. The first-order chi connectivity index (χ1) is 11.5. The smallest absolute Gasteiger partial charge is 0.163 e. The molecule has 3 heterocycles. The highest BCUT2D eigenvalue weighted by Crippen LogP contribution is 2.47. The minimum Gasteiger partial charge on any atom is -0.372 e. The molecule has 130 valence electrons. The van der Waals surface area contributed by atoms with E-state index in [2.05, 4.69) is 37.4 Å². The van der Waals surface area contributed by atoms with Gasteiger partial charge in [-0.25, -0.2) is 9.97 Å². The van der Waals surface area contributed by atoms with Crippen molar-refractivity contribution in [2.75, 3.05) is 26.0 Å². The van der Waals surface area contributed by atoms with Crippen LogP contribution in [0.25, 0.3) is 11.0 Å². The minimum absolute atomic E-state index is 0.0435. The van der Waals surface area contributed by atoms with Gasteiger partial charge in [-0.1, -0.05) is 0 Å². The number of hydrogen-bond donors (Lipinski definition) is 2. The second-order valence-corrected chi connectivity index (χ2v) is 7.12. The molecule has 2 aliphatic rings. The van der Waals surface area contributed by atoms with Gasteiger partial charge < -0.3 is 24.7 Å². The first-order valence-corrected chi connectivity index (χ1v) is 8.53. The maximum absolute atomic E-state index is 6.26. The number of ether oxygens (including phenoxy) is 2. The molecule has 2 fully saturated rings. The molecule has 0 bridgehead atoms. The molecule has 2 aromatic heterocycles. The van der Waals surface area contributed by atoms with Gasteiger partial charge in [0.05, 0.1) is 17.5 Å². The van der Waals surface area contributed by atoms with E-state index in [9.17, 15) is 0 Å². The lowest BCUT2D eigenvalue weighted by Gasteiger charge is -2.24. The highest BCUT2D eigenvalue weighted by atomic mass is 16.8. The number of aromatic nitrogens is 3. The number of hydrogen-bond acceptors (Lipinski definition) is 6. The van der Waals surface area contributed by atoms with Crippen molar-refractivity contribution in [3.05, 3.63) is 18.6 Å². The third kappa shape index (κ3) is 2.39. The summed E-state index contributed by atoms with van der Waals surface area (Å²) in [7, 11) is 3.87. The summed E-state index contributed by atoms with van der Waals surface area (Å²) in [6, 6.07) is 2.29. The summed E-state index contributed by atoms with van der Waals surface area (Å²) >= 11 is 0. The summed E-state index contributed by atoms with van der Waals surface area (Å²) in [4.78, 5) is 8.81. The lowest BCUT2D eigenvalue weighted by molar-refractivity contribution is -0.160. The Morgan fingerprint density at radius 1 is 1.25 bits per heavy atom. The third-order valence-corrected chi connectivity index (χ3v) is 5.12. The molecular formula is C17H25N5O2. The monoisotopic (exact) mass is 331 g/mol. The number of nitrogens with zero attached hydrogens (tertiary/aromatic N) is 3. The van der Waals surface area contributed by atoms with Gasteiger partial charge in [0, 0.05) is 25.7 Å². The van der Waals surface area contributed by atoms with Gasteiger partial charge in [-0.3, -0.25) is 0 Å². The van der Waals surface area contributed by atoms with Gasteiger partial charge in [0.25, 0.3) is 0 Å². The van der Waals surface area contributed by atoms with Gasteiger partial charge in [-0.05, 0) is 33.4 Å². The standard InChI is InChI=1S/C17H25N5O2/c1-17(2)23-13-10(8-18-3)7-12(14(13)24-17)22-6-5-11-15(19-4)20-9-21-16(11)22/h5-6,9-10,12-14,18H,7-8H2,1-4H3,(H,19,20,21)/t10-,12-,13-,14+/m1/s1. The van der Waals surface area contributed by atoms with Crippen molar-refractivity contribution in [3.8, 4) is 0 Å². The van der Waals surface area contributed by atoms with Gasteiger partial charge in [-0.15, -0.1) is 0 Å². The van der Waals surface area contributed by atoms with Crippen molar-refractivity contribution in [1.82, 2.24) is 19.9 Å². The van der Waals surface area contributed by atoms with Crippen LogP contribution in [0.4, 0.5) is 5.82 Å². The van der Waals surface area contributed by atoms with Crippen LogP contribution in [0.2, 0.25) is 0 Å². The predicted octanol–water partition coefficient (Wildman–Crippen LogP) is 1.77. The normalized spacial score (nSPS) is 31.5. The highest BCUT2D eigenvalue weighted by Gasteiger charge is 2.54. The third-order valence-electron chi connectivity index (χ3n) is 5.12. The fraction of sp³-hybridized carbons (Fsp3) is 0.647. The van der Waals surface area contributed by atoms with Gasteiger partial charge in [0.15, 0.2) is 5.79 Å². The Labute approximate surface area is 141 Å². The molecule has 1 aliphatic carbocycles. The van der Waals surface area contributed by atoms with Crippen molar-refractivity contribution < 1.29 is 9.47 Å². The molecule has 0 radical (unpaired) electrons. The highest BCUT2D eigenvalue weighted by molar-refractivity contribution is 5.87. The lowest BCUT2D eigenvalue weighted by Crippen LogP contribution is -2.31. The molecule has 4 rings (SSSR count). The van der Waals surface area contributed by atoms with Crippen LogP contribution in [0, 0.1) is 5.92 Å². The SMILES string of the molecule is CNC[C@H]1C[C@@H](n2ccc3c(NC)ncnc32)[C@@H]2OC(C)(C)O[C@H]12. The van der Waals surface area contributed by atoms with Crippen LogP contribution in [0.1, 0.15) is 26.3 Å². The molecule has 1 saturated carbocycles. The first kappa shape index (κ1) is 15.8. The van der Waals surface area contributed by atoms with Crippen LogP contribution in [0.5, 0.6) is 0 Å². The van der Waals surface area contributed by atoms with E-state index in [1.54, 1.807) is 6.33 Å². The average molecular weight is 331 g/mol.